The van der Waals surface area contributed by atoms with Gasteiger partial charge >= 0.3 is 0 Å². The van der Waals surface area contributed by atoms with Gasteiger partial charge in [-0.15, -0.1) is 0 Å². The van der Waals surface area contributed by atoms with Crippen LogP contribution in [0.1, 0.15) is 23.6 Å². The van der Waals surface area contributed by atoms with Gasteiger partial charge in [-0.25, -0.2) is 0 Å². The lowest BCUT2D eigenvalue weighted by Gasteiger charge is -2.39. The minimum Gasteiger partial charge on any atom is -0.329 e. The molecule has 25 heavy (non-hydrogen) atoms. The predicted octanol–water partition coefficient (Wildman–Crippen LogP) is 3.11. The summed E-state index contributed by atoms with van der Waals surface area (Å²) in [4.78, 5) is 28.9. The Balaban J connectivity index is 1.72. The highest BCUT2D eigenvalue weighted by atomic mass is 16.2. The summed E-state index contributed by atoms with van der Waals surface area (Å²) >= 11 is 0. The Labute approximate surface area is 149 Å². The molecular weight excluding hydrogens is 312 g/mol. The fourth-order valence-electron chi connectivity index (χ4n) is 3.23. The number of rotatable bonds is 3. The van der Waals surface area contributed by atoms with Crippen LogP contribution in [0.25, 0.3) is 0 Å². The second-order valence-electron chi connectivity index (χ2n) is 6.68. The summed E-state index contributed by atoms with van der Waals surface area (Å²) in [5, 5.41) is 0. The number of piperazine rings is 1. The number of benzene rings is 2. The van der Waals surface area contributed by atoms with Gasteiger partial charge in [-0.3, -0.25) is 9.59 Å². The predicted molar refractivity (Wildman–Crippen MR) is 99.6 cm³/mol. The minimum absolute atomic E-state index is 0.00628. The Kier molecular flexibility index (Phi) is 4.88. The Morgan fingerprint density at radius 2 is 1.76 bits per heavy atom. The van der Waals surface area contributed by atoms with E-state index in [4.69, 9.17) is 0 Å². The number of carbonyl (C=O) groups excluding carboxylic acids is 2. The van der Waals surface area contributed by atoms with Crippen molar-refractivity contribution in [1.82, 2.24) is 4.90 Å². The molecule has 2 aromatic carbocycles. The molecule has 2 aromatic rings. The Bertz CT molecular complexity index is 786. The van der Waals surface area contributed by atoms with E-state index < -0.39 is 6.04 Å². The molecule has 1 unspecified atom stereocenters. The topological polar surface area (TPSA) is 40.6 Å². The number of nitrogens with zero attached hydrogens (tertiary/aromatic N) is 2. The van der Waals surface area contributed by atoms with Crippen LogP contribution in [0, 0.1) is 13.8 Å². The molecule has 4 heteroatoms. The molecule has 4 nitrogen and oxygen atoms in total. The molecule has 0 spiro atoms. The third-order valence-corrected chi connectivity index (χ3v) is 4.98. The maximum atomic E-state index is 12.8. The van der Waals surface area contributed by atoms with Crippen LogP contribution in [0.4, 0.5) is 5.69 Å². The number of amides is 2. The van der Waals surface area contributed by atoms with Gasteiger partial charge in [0.05, 0.1) is 6.42 Å². The number of hydrogen-bond donors (Lipinski definition) is 0. The van der Waals surface area contributed by atoms with Gasteiger partial charge in [-0.05, 0) is 49.6 Å². The molecule has 0 aromatic heterocycles. The van der Waals surface area contributed by atoms with E-state index in [0.717, 1.165) is 11.3 Å². The van der Waals surface area contributed by atoms with E-state index in [1.807, 2.05) is 62.4 Å². The van der Waals surface area contributed by atoms with Crippen molar-refractivity contribution in [2.45, 2.75) is 33.2 Å². The van der Waals surface area contributed by atoms with Crippen LogP contribution < -0.4 is 4.90 Å². The molecule has 1 heterocycles. The van der Waals surface area contributed by atoms with Crippen molar-refractivity contribution < 1.29 is 9.59 Å². The third kappa shape index (κ3) is 3.58. The summed E-state index contributed by atoms with van der Waals surface area (Å²) in [5.41, 5.74) is 4.26. The summed E-state index contributed by atoms with van der Waals surface area (Å²) in [6.45, 7) is 7.02. The highest BCUT2D eigenvalue weighted by molar-refractivity contribution is 6.00. The summed E-state index contributed by atoms with van der Waals surface area (Å²) in [6.07, 6.45) is 0.335. The maximum Gasteiger partial charge on any atom is 0.249 e. The third-order valence-electron chi connectivity index (χ3n) is 4.98. The van der Waals surface area contributed by atoms with Gasteiger partial charge in [0.15, 0.2) is 0 Å². The molecule has 130 valence electrons. The quantitative estimate of drug-likeness (QED) is 0.864. The lowest BCUT2D eigenvalue weighted by molar-refractivity contribution is -0.140. The van der Waals surface area contributed by atoms with Crippen LogP contribution >= 0.6 is 0 Å². The fourth-order valence-corrected chi connectivity index (χ4v) is 3.23. The standard InChI is InChI=1S/C21H24N2O2/c1-15-9-10-19(13-16(15)2)23-12-11-22(17(3)21(23)25)20(24)14-18-7-5-4-6-8-18/h4-10,13,17H,11-12,14H2,1-3H3. The van der Waals surface area contributed by atoms with Crippen molar-refractivity contribution in [3.8, 4) is 0 Å². The molecule has 1 aliphatic heterocycles. The van der Waals surface area contributed by atoms with Gasteiger partial charge in [-0.1, -0.05) is 36.4 Å². The summed E-state index contributed by atoms with van der Waals surface area (Å²) < 4.78 is 0. The lowest BCUT2D eigenvalue weighted by Crippen LogP contribution is -2.58. The SMILES string of the molecule is Cc1ccc(N2CCN(C(=O)Cc3ccccc3)C(C)C2=O)cc1C. The van der Waals surface area contributed by atoms with Crippen molar-refractivity contribution in [1.29, 1.82) is 0 Å². The van der Waals surface area contributed by atoms with Crippen LogP contribution in [0.5, 0.6) is 0 Å². The molecule has 1 aliphatic rings. The monoisotopic (exact) mass is 336 g/mol. The number of hydrogen-bond acceptors (Lipinski definition) is 2. The molecule has 1 atom stereocenters. The lowest BCUT2D eigenvalue weighted by atomic mass is 10.1. The Hall–Kier alpha value is -2.62. The smallest absolute Gasteiger partial charge is 0.249 e. The first-order valence-corrected chi connectivity index (χ1v) is 8.69. The van der Waals surface area contributed by atoms with Crippen molar-refractivity contribution >= 4 is 17.5 Å². The highest BCUT2D eigenvalue weighted by Gasteiger charge is 2.34. The molecule has 0 radical (unpaired) electrons. The van der Waals surface area contributed by atoms with Crippen LogP contribution in [0.3, 0.4) is 0 Å². The van der Waals surface area contributed by atoms with Gasteiger partial charge in [-0.2, -0.15) is 0 Å². The summed E-state index contributed by atoms with van der Waals surface area (Å²) in [7, 11) is 0. The van der Waals surface area contributed by atoms with E-state index in [1.54, 1.807) is 9.80 Å². The van der Waals surface area contributed by atoms with E-state index in [1.165, 1.54) is 11.1 Å². The van der Waals surface area contributed by atoms with Crippen molar-refractivity contribution in [3.63, 3.8) is 0 Å². The molecule has 0 aliphatic carbocycles. The van der Waals surface area contributed by atoms with Gasteiger partial charge in [0, 0.05) is 18.8 Å². The second-order valence-corrected chi connectivity index (χ2v) is 6.68. The molecule has 0 saturated carbocycles. The molecule has 0 bridgehead atoms. The summed E-state index contributed by atoms with van der Waals surface area (Å²) in [6, 6.07) is 15.3. The zero-order chi connectivity index (χ0) is 18.0. The first-order valence-electron chi connectivity index (χ1n) is 8.69. The average molecular weight is 336 g/mol. The first-order chi connectivity index (χ1) is 12.0. The maximum absolute atomic E-state index is 12.8. The normalized spacial score (nSPS) is 17.7. The average Bonchev–Trinajstić information content (AvgIpc) is 2.60. The van der Waals surface area contributed by atoms with Gasteiger partial charge in [0.1, 0.15) is 6.04 Å². The molecular formula is C21H24N2O2. The van der Waals surface area contributed by atoms with Crippen LogP contribution in [-0.2, 0) is 16.0 Å². The fraction of sp³-hybridized carbons (Fsp3) is 0.333. The van der Waals surface area contributed by atoms with Crippen LogP contribution in [0.15, 0.2) is 48.5 Å². The minimum atomic E-state index is -0.438. The van der Waals surface area contributed by atoms with E-state index in [-0.39, 0.29) is 11.8 Å². The highest BCUT2D eigenvalue weighted by Crippen LogP contribution is 2.23. The largest absolute Gasteiger partial charge is 0.329 e. The first kappa shape index (κ1) is 17.2. The van der Waals surface area contributed by atoms with E-state index in [2.05, 4.69) is 6.92 Å². The Morgan fingerprint density at radius 1 is 1.04 bits per heavy atom. The van der Waals surface area contributed by atoms with Crippen molar-refractivity contribution in [3.05, 3.63) is 65.2 Å². The van der Waals surface area contributed by atoms with Gasteiger partial charge in [0.2, 0.25) is 11.8 Å². The van der Waals surface area contributed by atoms with Crippen LogP contribution in [0.2, 0.25) is 0 Å². The zero-order valence-corrected chi connectivity index (χ0v) is 15.0. The van der Waals surface area contributed by atoms with Crippen LogP contribution in [-0.4, -0.2) is 35.8 Å². The van der Waals surface area contributed by atoms with E-state index in [0.29, 0.717) is 19.5 Å². The number of aryl methyl sites for hydroxylation is 2. The number of carbonyl (C=O) groups is 2. The second kappa shape index (κ2) is 7.09. The molecule has 2 amide bonds. The Morgan fingerprint density at radius 3 is 2.44 bits per heavy atom. The molecule has 3 rings (SSSR count). The zero-order valence-electron chi connectivity index (χ0n) is 15.0. The molecule has 1 fully saturated rings. The molecule has 1 saturated heterocycles. The van der Waals surface area contributed by atoms with Gasteiger partial charge < -0.3 is 9.80 Å². The van der Waals surface area contributed by atoms with Crippen molar-refractivity contribution in [2.75, 3.05) is 18.0 Å². The van der Waals surface area contributed by atoms with Gasteiger partial charge in [0.25, 0.3) is 0 Å². The number of anilines is 1. The van der Waals surface area contributed by atoms with E-state index >= 15 is 0 Å². The summed E-state index contributed by atoms with van der Waals surface area (Å²) in [5.74, 6) is -0.0114. The van der Waals surface area contributed by atoms with E-state index in [9.17, 15) is 9.59 Å². The molecule has 0 N–H and O–H groups in total. The van der Waals surface area contributed by atoms with Crippen molar-refractivity contribution in [2.24, 2.45) is 0 Å².